The second-order valence-electron chi connectivity index (χ2n) is 4.38. The number of hydrogen-bond acceptors (Lipinski definition) is 4. The molecule has 4 N–H and O–H groups in total. The molecule has 5 nitrogen and oxygen atoms in total. The first-order valence-electron chi connectivity index (χ1n) is 6.28. The minimum absolute atomic E-state index is 0.0181. The van der Waals surface area contributed by atoms with Gasteiger partial charge in [0.1, 0.15) is 11.6 Å². The van der Waals surface area contributed by atoms with Gasteiger partial charge in [0.05, 0.1) is 12.7 Å². The SMILES string of the molecule is COc1ccc(CNc2ccc(F)cc2)cc1C(N)=NO. The number of nitrogens with two attached hydrogens (primary N) is 1. The quantitative estimate of drug-likeness (QED) is 0.342. The van der Waals surface area contributed by atoms with Crippen LogP contribution in [0.2, 0.25) is 0 Å². The Morgan fingerprint density at radius 1 is 1.29 bits per heavy atom. The monoisotopic (exact) mass is 289 g/mol. The van der Waals surface area contributed by atoms with Gasteiger partial charge in [-0.3, -0.25) is 0 Å². The van der Waals surface area contributed by atoms with E-state index in [0.717, 1.165) is 11.3 Å². The minimum Gasteiger partial charge on any atom is -0.496 e. The van der Waals surface area contributed by atoms with Crippen molar-refractivity contribution in [3.63, 3.8) is 0 Å². The third kappa shape index (κ3) is 3.62. The van der Waals surface area contributed by atoms with E-state index >= 15 is 0 Å². The molecular weight excluding hydrogens is 273 g/mol. The Bertz CT molecular complexity index is 642. The number of benzene rings is 2. The van der Waals surface area contributed by atoms with E-state index in [0.29, 0.717) is 17.9 Å². The smallest absolute Gasteiger partial charge is 0.173 e. The van der Waals surface area contributed by atoms with Gasteiger partial charge >= 0.3 is 0 Å². The van der Waals surface area contributed by atoms with Crippen LogP contribution >= 0.6 is 0 Å². The zero-order valence-corrected chi connectivity index (χ0v) is 11.5. The third-order valence-corrected chi connectivity index (χ3v) is 2.99. The summed E-state index contributed by atoms with van der Waals surface area (Å²) in [4.78, 5) is 0. The maximum Gasteiger partial charge on any atom is 0.173 e. The molecule has 0 saturated carbocycles. The van der Waals surface area contributed by atoms with E-state index in [4.69, 9.17) is 15.7 Å². The number of hydrogen-bond donors (Lipinski definition) is 3. The van der Waals surface area contributed by atoms with Crippen molar-refractivity contribution in [3.05, 3.63) is 59.4 Å². The fourth-order valence-corrected chi connectivity index (χ4v) is 1.89. The predicted octanol–water partition coefficient (Wildman–Crippen LogP) is 2.54. The average Bonchev–Trinajstić information content (AvgIpc) is 2.53. The Kier molecular flexibility index (Phi) is 4.61. The molecule has 0 unspecified atom stereocenters. The molecule has 0 aliphatic rings. The van der Waals surface area contributed by atoms with Crippen LogP contribution in [-0.4, -0.2) is 18.2 Å². The Balaban J connectivity index is 2.15. The average molecular weight is 289 g/mol. The molecule has 0 atom stereocenters. The van der Waals surface area contributed by atoms with Crippen LogP contribution in [0.15, 0.2) is 47.6 Å². The summed E-state index contributed by atoms with van der Waals surface area (Å²) in [6.07, 6.45) is 0. The Morgan fingerprint density at radius 2 is 2.00 bits per heavy atom. The fraction of sp³-hybridized carbons (Fsp3) is 0.133. The van der Waals surface area contributed by atoms with E-state index in [-0.39, 0.29) is 11.7 Å². The number of anilines is 1. The summed E-state index contributed by atoms with van der Waals surface area (Å²) in [6.45, 7) is 0.515. The van der Waals surface area contributed by atoms with Gasteiger partial charge in [-0.25, -0.2) is 4.39 Å². The molecule has 0 aromatic heterocycles. The van der Waals surface area contributed by atoms with E-state index in [1.54, 1.807) is 24.3 Å². The highest BCUT2D eigenvalue weighted by Crippen LogP contribution is 2.20. The van der Waals surface area contributed by atoms with E-state index in [9.17, 15) is 4.39 Å². The molecule has 0 aliphatic carbocycles. The summed E-state index contributed by atoms with van der Waals surface area (Å²) in [5.41, 5.74) is 7.86. The molecule has 0 heterocycles. The zero-order chi connectivity index (χ0) is 15.2. The molecule has 0 aliphatic heterocycles. The lowest BCUT2D eigenvalue weighted by Crippen LogP contribution is -2.15. The number of ether oxygens (including phenoxy) is 1. The molecule has 0 amide bonds. The second kappa shape index (κ2) is 6.60. The topological polar surface area (TPSA) is 79.9 Å². The molecule has 6 heteroatoms. The molecule has 110 valence electrons. The van der Waals surface area contributed by atoms with Gasteiger partial charge in [-0.2, -0.15) is 0 Å². The van der Waals surface area contributed by atoms with Gasteiger partial charge in [-0.15, -0.1) is 0 Å². The van der Waals surface area contributed by atoms with Crippen molar-refractivity contribution in [2.24, 2.45) is 10.9 Å². The van der Waals surface area contributed by atoms with Gasteiger partial charge < -0.3 is 21.0 Å². The summed E-state index contributed by atoms with van der Waals surface area (Å²) in [7, 11) is 1.51. The number of amidine groups is 1. The summed E-state index contributed by atoms with van der Waals surface area (Å²) in [5.74, 6) is 0.227. The van der Waals surface area contributed by atoms with Crippen LogP contribution in [0.25, 0.3) is 0 Å². The molecule has 0 bridgehead atoms. The third-order valence-electron chi connectivity index (χ3n) is 2.99. The van der Waals surface area contributed by atoms with Crippen molar-refractivity contribution >= 4 is 11.5 Å². The van der Waals surface area contributed by atoms with Crippen molar-refractivity contribution in [2.45, 2.75) is 6.54 Å². The highest BCUT2D eigenvalue weighted by molar-refractivity contribution is 5.99. The number of methoxy groups -OCH3 is 1. The molecular formula is C15H16FN3O2. The maximum absolute atomic E-state index is 12.8. The minimum atomic E-state index is -0.279. The van der Waals surface area contributed by atoms with Crippen LogP contribution in [0.1, 0.15) is 11.1 Å². The van der Waals surface area contributed by atoms with Gasteiger partial charge in [-0.1, -0.05) is 11.2 Å². The fourth-order valence-electron chi connectivity index (χ4n) is 1.89. The molecule has 0 radical (unpaired) electrons. The lowest BCUT2D eigenvalue weighted by atomic mass is 10.1. The molecule has 2 aromatic carbocycles. The van der Waals surface area contributed by atoms with Gasteiger partial charge in [0.25, 0.3) is 0 Å². The standard InChI is InChI=1S/C15H16FN3O2/c1-21-14-7-2-10(8-13(14)15(17)19-20)9-18-12-5-3-11(16)4-6-12/h2-8,18,20H,9H2,1H3,(H2,17,19). The Morgan fingerprint density at radius 3 is 2.62 bits per heavy atom. The summed E-state index contributed by atoms with van der Waals surface area (Å²) in [6, 6.07) is 11.5. The van der Waals surface area contributed by atoms with Gasteiger partial charge in [0.15, 0.2) is 5.84 Å². The molecule has 0 fully saturated rings. The van der Waals surface area contributed by atoms with Crippen molar-refractivity contribution in [3.8, 4) is 5.75 Å². The maximum atomic E-state index is 12.8. The van der Waals surface area contributed by atoms with Crippen molar-refractivity contribution in [1.82, 2.24) is 0 Å². The van der Waals surface area contributed by atoms with Gasteiger partial charge in [-0.05, 0) is 42.0 Å². The molecule has 21 heavy (non-hydrogen) atoms. The number of nitrogens with zero attached hydrogens (tertiary/aromatic N) is 1. The molecule has 0 spiro atoms. The van der Waals surface area contributed by atoms with Crippen molar-refractivity contribution in [1.29, 1.82) is 0 Å². The van der Waals surface area contributed by atoms with Crippen molar-refractivity contribution < 1.29 is 14.3 Å². The second-order valence-corrected chi connectivity index (χ2v) is 4.38. The van der Waals surface area contributed by atoms with E-state index in [1.165, 1.54) is 19.2 Å². The first kappa shape index (κ1) is 14.6. The zero-order valence-electron chi connectivity index (χ0n) is 11.5. The number of nitrogens with one attached hydrogen (secondary N) is 1. The van der Waals surface area contributed by atoms with E-state index < -0.39 is 0 Å². The van der Waals surface area contributed by atoms with Gasteiger partial charge in [0.2, 0.25) is 0 Å². The number of rotatable bonds is 5. The predicted molar refractivity (Wildman–Crippen MR) is 79.2 cm³/mol. The lowest BCUT2D eigenvalue weighted by molar-refractivity contribution is 0.318. The highest BCUT2D eigenvalue weighted by atomic mass is 19.1. The van der Waals surface area contributed by atoms with Crippen molar-refractivity contribution in [2.75, 3.05) is 12.4 Å². The summed E-state index contributed by atoms with van der Waals surface area (Å²) >= 11 is 0. The normalized spacial score (nSPS) is 11.2. The van der Waals surface area contributed by atoms with E-state index in [2.05, 4.69) is 10.5 Å². The van der Waals surface area contributed by atoms with E-state index in [1.807, 2.05) is 6.07 Å². The van der Waals surface area contributed by atoms with Crippen LogP contribution in [0.3, 0.4) is 0 Å². The van der Waals surface area contributed by atoms with Gasteiger partial charge in [0, 0.05) is 12.2 Å². The number of halogens is 1. The van der Waals surface area contributed by atoms with Crippen LogP contribution in [0.5, 0.6) is 5.75 Å². The van der Waals surface area contributed by atoms with Crippen LogP contribution in [-0.2, 0) is 6.54 Å². The molecule has 2 rings (SSSR count). The summed E-state index contributed by atoms with van der Waals surface area (Å²) in [5, 5.41) is 14.9. The summed E-state index contributed by atoms with van der Waals surface area (Å²) < 4.78 is 18.0. The first-order valence-corrected chi connectivity index (χ1v) is 6.28. The highest BCUT2D eigenvalue weighted by Gasteiger charge is 2.09. The molecule has 2 aromatic rings. The lowest BCUT2D eigenvalue weighted by Gasteiger charge is -2.11. The van der Waals surface area contributed by atoms with Crippen LogP contribution < -0.4 is 15.8 Å². The Labute approximate surface area is 121 Å². The number of oxime groups is 1. The van der Waals surface area contributed by atoms with Crippen LogP contribution in [0.4, 0.5) is 10.1 Å². The largest absolute Gasteiger partial charge is 0.496 e. The first-order chi connectivity index (χ1) is 10.1. The van der Waals surface area contributed by atoms with Crippen LogP contribution in [0, 0.1) is 5.82 Å². The Hall–Kier alpha value is -2.76. The molecule has 0 saturated heterocycles.